The van der Waals surface area contributed by atoms with E-state index in [9.17, 15) is 13.0 Å². The molecule has 5 heteroatoms. The van der Waals surface area contributed by atoms with Crippen LogP contribution in [0.5, 0.6) is 0 Å². The fourth-order valence-electron chi connectivity index (χ4n) is 3.14. The number of hydrogen-bond donors (Lipinski definition) is 2. The molecule has 0 rings (SSSR count). The predicted octanol–water partition coefficient (Wildman–Crippen LogP) is 5.50. The maximum atomic E-state index is 11.5. The van der Waals surface area contributed by atoms with Crippen molar-refractivity contribution in [2.24, 2.45) is 0 Å². The van der Waals surface area contributed by atoms with Crippen molar-refractivity contribution in [1.82, 2.24) is 0 Å². The molecule has 0 heterocycles. The minimum absolute atomic E-state index is 0.228. The molecule has 146 valence electrons. The van der Waals surface area contributed by atoms with Crippen LogP contribution in [0.15, 0.2) is 0 Å². The molecule has 0 saturated carbocycles. The Balaban J connectivity index is 3.70. The Hall–Kier alpha value is -0.130. The molecule has 0 fully saturated rings. The summed E-state index contributed by atoms with van der Waals surface area (Å²) in [4.78, 5) is 0. The van der Waals surface area contributed by atoms with Gasteiger partial charge in [-0.1, -0.05) is 90.4 Å². The summed E-state index contributed by atoms with van der Waals surface area (Å²) >= 11 is 0. The van der Waals surface area contributed by atoms with Gasteiger partial charge in [0.15, 0.2) is 0 Å². The molecule has 0 radical (unpaired) electrons. The van der Waals surface area contributed by atoms with Crippen molar-refractivity contribution in [3.8, 4) is 0 Å². The highest BCUT2D eigenvalue weighted by Gasteiger charge is 2.21. The van der Waals surface area contributed by atoms with Crippen LogP contribution >= 0.6 is 0 Å². The van der Waals surface area contributed by atoms with Gasteiger partial charge in [0.25, 0.3) is 10.1 Å². The van der Waals surface area contributed by atoms with Crippen molar-refractivity contribution in [3.05, 3.63) is 0 Å². The highest BCUT2D eigenvalue weighted by atomic mass is 32.2. The smallest absolute Gasteiger partial charge is 0.267 e. The molecular formula is C19H40O4S. The van der Waals surface area contributed by atoms with Crippen molar-refractivity contribution in [3.63, 3.8) is 0 Å². The van der Waals surface area contributed by atoms with Crippen molar-refractivity contribution < 1.29 is 18.1 Å². The summed E-state index contributed by atoms with van der Waals surface area (Å²) in [5.74, 6) is 0. The second-order valence-electron chi connectivity index (χ2n) is 7.03. The summed E-state index contributed by atoms with van der Waals surface area (Å²) in [6, 6.07) is 0. The first-order valence-corrected chi connectivity index (χ1v) is 11.6. The van der Waals surface area contributed by atoms with Crippen LogP contribution in [0.4, 0.5) is 0 Å². The molecule has 1 unspecified atom stereocenters. The van der Waals surface area contributed by atoms with Crippen LogP contribution in [0.1, 0.15) is 110 Å². The molecular weight excluding hydrogens is 324 g/mol. The van der Waals surface area contributed by atoms with Gasteiger partial charge in [0, 0.05) is 6.61 Å². The molecule has 0 spiro atoms. The molecule has 0 aromatic heterocycles. The summed E-state index contributed by atoms with van der Waals surface area (Å²) in [5.41, 5.74) is 0. The maximum Gasteiger partial charge on any atom is 0.267 e. The van der Waals surface area contributed by atoms with E-state index in [1.54, 1.807) is 0 Å². The third-order valence-electron chi connectivity index (χ3n) is 4.74. The summed E-state index contributed by atoms with van der Waals surface area (Å²) in [6.07, 6.45) is 16.7. The first-order chi connectivity index (χ1) is 11.5. The van der Waals surface area contributed by atoms with Gasteiger partial charge in [-0.05, 0) is 19.3 Å². The number of hydrogen-bond acceptors (Lipinski definition) is 3. The topological polar surface area (TPSA) is 74.6 Å². The monoisotopic (exact) mass is 364 g/mol. The quantitative estimate of drug-likeness (QED) is 0.249. The summed E-state index contributed by atoms with van der Waals surface area (Å²) in [7, 11) is -3.91. The van der Waals surface area contributed by atoms with E-state index in [0.29, 0.717) is 12.8 Å². The molecule has 4 nitrogen and oxygen atoms in total. The Morgan fingerprint density at radius 3 is 1.42 bits per heavy atom. The van der Waals surface area contributed by atoms with Gasteiger partial charge in [-0.15, -0.1) is 0 Å². The zero-order valence-electron chi connectivity index (χ0n) is 15.7. The van der Waals surface area contributed by atoms with E-state index in [2.05, 4.69) is 6.92 Å². The van der Waals surface area contributed by atoms with Gasteiger partial charge < -0.3 is 5.11 Å². The van der Waals surface area contributed by atoms with Crippen LogP contribution in [0.3, 0.4) is 0 Å². The van der Waals surface area contributed by atoms with Crippen LogP contribution < -0.4 is 0 Å². The lowest BCUT2D eigenvalue weighted by Gasteiger charge is -2.13. The maximum absolute atomic E-state index is 11.5. The number of aliphatic hydroxyl groups excluding tert-OH is 1. The second kappa shape index (κ2) is 16.3. The fraction of sp³-hybridized carbons (Fsp3) is 1.00. The highest BCUT2D eigenvalue weighted by molar-refractivity contribution is 7.86. The van der Waals surface area contributed by atoms with Gasteiger partial charge in [0.2, 0.25) is 0 Å². The molecule has 0 saturated heterocycles. The molecule has 24 heavy (non-hydrogen) atoms. The highest BCUT2D eigenvalue weighted by Crippen LogP contribution is 2.19. The van der Waals surface area contributed by atoms with E-state index in [4.69, 9.17) is 5.11 Å². The van der Waals surface area contributed by atoms with Crippen molar-refractivity contribution in [2.45, 2.75) is 115 Å². The minimum Gasteiger partial charge on any atom is -0.396 e. The molecule has 2 N–H and O–H groups in total. The van der Waals surface area contributed by atoms with Crippen LogP contribution in [-0.4, -0.2) is 29.9 Å². The standard InChI is InChI=1S/C19H40O4S/c1-2-3-4-5-6-7-8-10-13-16-19(24(21,22)23)17-14-11-9-12-15-18-20/h19-20H,2-18H2,1H3,(H,21,22,23). The molecule has 0 bridgehead atoms. The first-order valence-electron chi connectivity index (χ1n) is 10.1. The van der Waals surface area contributed by atoms with E-state index < -0.39 is 15.4 Å². The lowest BCUT2D eigenvalue weighted by atomic mass is 10.0. The normalized spacial score (nSPS) is 13.3. The lowest BCUT2D eigenvalue weighted by molar-refractivity contribution is 0.282. The van der Waals surface area contributed by atoms with E-state index in [1.807, 2.05) is 0 Å². The number of aliphatic hydroxyl groups is 1. The molecule has 0 amide bonds. The molecule has 0 aliphatic rings. The molecule has 0 aliphatic heterocycles. The van der Waals surface area contributed by atoms with E-state index in [0.717, 1.165) is 44.9 Å². The summed E-state index contributed by atoms with van der Waals surface area (Å²) < 4.78 is 32.4. The SMILES string of the molecule is CCCCCCCCCCCC(CCCCCCCO)S(=O)(=O)O. The average molecular weight is 365 g/mol. The molecule has 0 aromatic carbocycles. The first kappa shape index (κ1) is 23.9. The third kappa shape index (κ3) is 15.4. The Morgan fingerprint density at radius 2 is 1.04 bits per heavy atom. The zero-order valence-corrected chi connectivity index (χ0v) is 16.5. The summed E-state index contributed by atoms with van der Waals surface area (Å²) in [6.45, 7) is 2.45. The van der Waals surface area contributed by atoms with E-state index in [-0.39, 0.29) is 6.61 Å². The Bertz CT molecular complexity index is 354. The van der Waals surface area contributed by atoms with Gasteiger partial charge in [0.1, 0.15) is 0 Å². The predicted molar refractivity (Wildman–Crippen MR) is 102 cm³/mol. The Morgan fingerprint density at radius 1 is 0.667 bits per heavy atom. The zero-order chi connectivity index (χ0) is 18.1. The Kier molecular flexibility index (Phi) is 16.3. The third-order valence-corrected chi connectivity index (χ3v) is 6.05. The van der Waals surface area contributed by atoms with E-state index in [1.165, 1.54) is 44.9 Å². The van der Waals surface area contributed by atoms with Gasteiger partial charge in [-0.3, -0.25) is 4.55 Å². The number of rotatable bonds is 18. The summed E-state index contributed by atoms with van der Waals surface area (Å²) in [5, 5.41) is 8.13. The van der Waals surface area contributed by atoms with Gasteiger partial charge in [0.05, 0.1) is 5.25 Å². The molecule has 1 atom stereocenters. The van der Waals surface area contributed by atoms with Crippen molar-refractivity contribution in [1.29, 1.82) is 0 Å². The van der Waals surface area contributed by atoms with Crippen LogP contribution in [0, 0.1) is 0 Å². The average Bonchev–Trinajstić information content (AvgIpc) is 2.53. The second-order valence-corrected chi connectivity index (χ2v) is 8.73. The molecule has 0 aliphatic carbocycles. The van der Waals surface area contributed by atoms with Crippen molar-refractivity contribution in [2.75, 3.05) is 6.61 Å². The van der Waals surface area contributed by atoms with Crippen LogP contribution in [0.25, 0.3) is 0 Å². The Labute approximate surface area is 150 Å². The molecule has 0 aromatic rings. The lowest BCUT2D eigenvalue weighted by Crippen LogP contribution is -2.20. The minimum atomic E-state index is -3.91. The van der Waals surface area contributed by atoms with Crippen LogP contribution in [-0.2, 0) is 10.1 Å². The van der Waals surface area contributed by atoms with Gasteiger partial charge in [-0.2, -0.15) is 8.42 Å². The van der Waals surface area contributed by atoms with Gasteiger partial charge >= 0.3 is 0 Å². The van der Waals surface area contributed by atoms with Crippen molar-refractivity contribution >= 4 is 10.1 Å². The van der Waals surface area contributed by atoms with E-state index >= 15 is 0 Å². The fourth-order valence-corrected chi connectivity index (χ4v) is 4.07. The van der Waals surface area contributed by atoms with Gasteiger partial charge in [-0.25, -0.2) is 0 Å². The number of unbranched alkanes of at least 4 members (excludes halogenated alkanes) is 12. The van der Waals surface area contributed by atoms with Crippen LogP contribution in [0.2, 0.25) is 0 Å². The largest absolute Gasteiger partial charge is 0.396 e.